The zero-order valence-corrected chi connectivity index (χ0v) is 8.45. The third-order valence-corrected chi connectivity index (χ3v) is 2.48. The summed E-state index contributed by atoms with van der Waals surface area (Å²) in [4.78, 5) is 0. The van der Waals surface area contributed by atoms with Crippen LogP contribution in [0, 0.1) is 0 Å². The highest BCUT2D eigenvalue weighted by Crippen LogP contribution is 2.30. The lowest BCUT2D eigenvalue weighted by Crippen LogP contribution is -2.47. The number of ether oxygens (including phenoxy) is 1. The molecule has 1 aromatic carbocycles. The Bertz CT molecular complexity index is 330. The molecular formula is C11H15NO2. The lowest BCUT2D eigenvalue weighted by Gasteiger charge is -2.35. The van der Waals surface area contributed by atoms with Crippen LogP contribution < -0.4 is 10.1 Å². The molecule has 3 nitrogen and oxygen atoms in total. The maximum absolute atomic E-state index is 9.83. The van der Waals surface area contributed by atoms with Crippen molar-refractivity contribution in [3.8, 4) is 5.75 Å². The van der Waals surface area contributed by atoms with Crippen LogP contribution in [0.5, 0.6) is 5.75 Å². The van der Waals surface area contributed by atoms with Crippen LogP contribution in [0.1, 0.15) is 13.8 Å². The van der Waals surface area contributed by atoms with Gasteiger partial charge in [0, 0.05) is 0 Å². The van der Waals surface area contributed by atoms with E-state index in [2.05, 4.69) is 5.32 Å². The molecule has 0 spiro atoms. The molecule has 76 valence electrons. The predicted octanol–water partition coefficient (Wildman–Crippen LogP) is 1.63. The first-order valence-corrected chi connectivity index (χ1v) is 4.78. The number of anilines is 1. The van der Waals surface area contributed by atoms with E-state index in [9.17, 15) is 5.11 Å². The highest BCUT2D eigenvalue weighted by molar-refractivity contribution is 5.58. The van der Waals surface area contributed by atoms with Crippen molar-refractivity contribution in [1.29, 1.82) is 0 Å². The molecule has 0 aliphatic carbocycles. The summed E-state index contributed by atoms with van der Waals surface area (Å²) in [6, 6.07) is 7.70. The lowest BCUT2D eigenvalue weighted by atomic mass is 9.98. The fraction of sp³-hybridized carbons (Fsp3) is 0.455. The van der Waals surface area contributed by atoms with E-state index >= 15 is 0 Å². The van der Waals surface area contributed by atoms with Crippen molar-refractivity contribution in [1.82, 2.24) is 0 Å². The maximum atomic E-state index is 9.83. The van der Waals surface area contributed by atoms with Crippen LogP contribution in [-0.2, 0) is 0 Å². The molecular weight excluding hydrogens is 178 g/mol. The SMILES string of the molecule is CC(C)(O)C1COc2ccccc2N1. The summed E-state index contributed by atoms with van der Waals surface area (Å²) in [6.45, 7) is 4.06. The molecule has 0 amide bonds. The van der Waals surface area contributed by atoms with E-state index in [-0.39, 0.29) is 6.04 Å². The Labute approximate surface area is 83.7 Å². The molecule has 2 N–H and O–H groups in total. The monoisotopic (exact) mass is 193 g/mol. The number of para-hydroxylation sites is 2. The Balaban J connectivity index is 2.22. The number of aliphatic hydroxyl groups is 1. The van der Waals surface area contributed by atoms with Gasteiger partial charge in [-0.25, -0.2) is 0 Å². The van der Waals surface area contributed by atoms with Crippen LogP contribution >= 0.6 is 0 Å². The lowest BCUT2D eigenvalue weighted by molar-refractivity contribution is 0.0386. The fourth-order valence-corrected chi connectivity index (χ4v) is 1.49. The van der Waals surface area contributed by atoms with E-state index in [1.165, 1.54) is 0 Å². The second kappa shape index (κ2) is 3.17. The topological polar surface area (TPSA) is 41.5 Å². The third kappa shape index (κ3) is 1.68. The maximum Gasteiger partial charge on any atom is 0.142 e. The van der Waals surface area contributed by atoms with Crippen molar-refractivity contribution < 1.29 is 9.84 Å². The molecule has 0 radical (unpaired) electrons. The number of hydrogen-bond donors (Lipinski definition) is 2. The summed E-state index contributed by atoms with van der Waals surface area (Å²) < 4.78 is 5.54. The highest BCUT2D eigenvalue weighted by atomic mass is 16.5. The van der Waals surface area contributed by atoms with Gasteiger partial charge in [0.05, 0.1) is 17.3 Å². The normalized spacial score (nSPS) is 20.6. The summed E-state index contributed by atoms with van der Waals surface area (Å²) in [7, 11) is 0. The van der Waals surface area contributed by atoms with E-state index in [1.807, 2.05) is 24.3 Å². The van der Waals surface area contributed by atoms with Gasteiger partial charge in [0.1, 0.15) is 12.4 Å². The van der Waals surface area contributed by atoms with E-state index in [0.717, 1.165) is 11.4 Å². The van der Waals surface area contributed by atoms with E-state index in [0.29, 0.717) is 6.61 Å². The average Bonchev–Trinajstić information content (AvgIpc) is 2.16. The highest BCUT2D eigenvalue weighted by Gasteiger charge is 2.30. The van der Waals surface area contributed by atoms with Crippen LogP contribution in [-0.4, -0.2) is 23.4 Å². The largest absolute Gasteiger partial charge is 0.489 e. The fourth-order valence-electron chi connectivity index (χ4n) is 1.49. The predicted molar refractivity (Wildman–Crippen MR) is 55.6 cm³/mol. The molecule has 1 aliphatic rings. The van der Waals surface area contributed by atoms with E-state index < -0.39 is 5.60 Å². The van der Waals surface area contributed by atoms with Crippen molar-refractivity contribution in [2.45, 2.75) is 25.5 Å². The number of hydrogen-bond acceptors (Lipinski definition) is 3. The molecule has 14 heavy (non-hydrogen) atoms. The zero-order chi connectivity index (χ0) is 10.2. The van der Waals surface area contributed by atoms with Gasteiger partial charge < -0.3 is 15.2 Å². The molecule has 3 heteroatoms. The van der Waals surface area contributed by atoms with E-state index in [4.69, 9.17) is 4.74 Å². The molecule has 0 aromatic heterocycles. The summed E-state index contributed by atoms with van der Waals surface area (Å²) >= 11 is 0. The van der Waals surface area contributed by atoms with Gasteiger partial charge in [0.15, 0.2) is 0 Å². The van der Waals surface area contributed by atoms with Gasteiger partial charge in [0.25, 0.3) is 0 Å². The van der Waals surface area contributed by atoms with Crippen LogP contribution in [0.4, 0.5) is 5.69 Å². The standard InChI is InChI=1S/C11H15NO2/c1-11(2,13)10-7-14-9-6-4-3-5-8(9)12-10/h3-6,10,12-13H,7H2,1-2H3. The van der Waals surface area contributed by atoms with Crippen LogP contribution in [0.15, 0.2) is 24.3 Å². The first-order chi connectivity index (χ1) is 6.57. The summed E-state index contributed by atoms with van der Waals surface area (Å²) in [5.41, 5.74) is 0.180. The van der Waals surface area contributed by atoms with Crippen LogP contribution in [0.3, 0.4) is 0 Å². The first kappa shape index (κ1) is 9.34. The molecule has 1 aliphatic heterocycles. The number of rotatable bonds is 1. The zero-order valence-electron chi connectivity index (χ0n) is 8.45. The molecule has 0 saturated heterocycles. The van der Waals surface area contributed by atoms with Gasteiger partial charge in [-0.1, -0.05) is 12.1 Å². The molecule has 0 bridgehead atoms. The van der Waals surface area contributed by atoms with Gasteiger partial charge in [-0.05, 0) is 26.0 Å². The number of benzene rings is 1. The van der Waals surface area contributed by atoms with Gasteiger partial charge >= 0.3 is 0 Å². The summed E-state index contributed by atoms with van der Waals surface area (Å²) in [5.74, 6) is 0.855. The Morgan fingerprint density at radius 3 is 2.86 bits per heavy atom. The van der Waals surface area contributed by atoms with Crippen molar-refractivity contribution in [3.63, 3.8) is 0 Å². The Morgan fingerprint density at radius 1 is 1.43 bits per heavy atom. The van der Waals surface area contributed by atoms with Gasteiger partial charge in [-0.2, -0.15) is 0 Å². The molecule has 1 unspecified atom stereocenters. The molecule has 0 fully saturated rings. The second-order valence-electron chi connectivity index (χ2n) is 4.16. The van der Waals surface area contributed by atoms with Gasteiger partial charge in [-0.3, -0.25) is 0 Å². The van der Waals surface area contributed by atoms with Crippen molar-refractivity contribution in [3.05, 3.63) is 24.3 Å². The third-order valence-electron chi connectivity index (χ3n) is 2.48. The molecule has 0 saturated carbocycles. The first-order valence-electron chi connectivity index (χ1n) is 4.78. The second-order valence-corrected chi connectivity index (χ2v) is 4.16. The average molecular weight is 193 g/mol. The number of fused-ring (bicyclic) bond motifs is 1. The van der Waals surface area contributed by atoms with Crippen LogP contribution in [0.25, 0.3) is 0 Å². The molecule has 1 atom stereocenters. The molecule has 1 aromatic rings. The molecule has 2 rings (SSSR count). The molecule has 1 heterocycles. The van der Waals surface area contributed by atoms with Crippen molar-refractivity contribution >= 4 is 5.69 Å². The number of nitrogens with one attached hydrogen (secondary N) is 1. The summed E-state index contributed by atoms with van der Waals surface area (Å²) in [5, 5.41) is 13.1. The minimum atomic E-state index is -0.770. The van der Waals surface area contributed by atoms with E-state index in [1.54, 1.807) is 13.8 Å². The Kier molecular flexibility index (Phi) is 2.11. The minimum absolute atomic E-state index is 0.0580. The quantitative estimate of drug-likeness (QED) is 0.712. The van der Waals surface area contributed by atoms with Gasteiger partial charge in [-0.15, -0.1) is 0 Å². The summed E-state index contributed by atoms with van der Waals surface area (Å²) in [6.07, 6.45) is 0. The minimum Gasteiger partial charge on any atom is -0.489 e. The van der Waals surface area contributed by atoms with Crippen molar-refractivity contribution in [2.75, 3.05) is 11.9 Å². The smallest absolute Gasteiger partial charge is 0.142 e. The van der Waals surface area contributed by atoms with Gasteiger partial charge in [0.2, 0.25) is 0 Å². The van der Waals surface area contributed by atoms with Crippen LogP contribution in [0.2, 0.25) is 0 Å². The van der Waals surface area contributed by atoms with Crippen molar-refractivity contribution in [2.24, 2.45) is 0 Å². The Morgan fingerprint density at radius 2 is 2.14 bits per heavy atom. The Hall–Kier alpha value is -1.22.